The number of rotatable bonds is 3. The van der Waals surface area contributed by atoms with E-state index in [0.29, 0.717) is 5.69 Å². The lowest BCUT2D eigenvalue weighted by atomic mass is 10.0. The Morgan fingerprint density at radius 3 is 2.10 bits per heavy atom. The zero-order chi connectivity index (χ0) is 20.2. The van der Waals surface area contributed by atoms with Gasteiger partial charge in [0, 0.05) is 18.8 Å². The van der Waals surface area contributed by atoms with Gasteiger partial charge >= 0.3 is 0 Å². The van der Waals surface area contributed by atoms with Crippen LogP contribution in [-0.4, -0.2) is 33.4 Å². The van der Waals surface area contributed by atoms with Crippen molar-refractivity contribution in [3.8, 4) is 16.8 Å². The molecule has 150 valence electrons. The number of aryl methyl sites for hydroxylation is 2. The number of aromatic nitrogens is 2. The minimum Gasteiger partial charge on any atom is -0.337 e. The molecule has 0 bridgehead atoms. The van der Waals surface area contributed by atoms with E-state index in [-0.39, 0.29) is 5.91 Å². The molecule has 0 unspecified atom stereocenters. The fraction of sp³-hybridized carbons (Fsp3) is 0.360. The predicted molar refractivity (Wildman–Crippen MR) is 117 cm³/mol. The molecule has 1 aliphatic heterocycles. The van der Waals surface area contributed by atoms with Gasteiger partial charge in [-0.15, -0.1) is 0 Å². The first-order chi connectivity index (χ1) is 14.1. The van der Waals surface area contributed by atoms with E-state index in [1.807, 2.05) is 9.47 Å². The molecule has 0 saturated carbocycles. The zero-order valence-electron chi connectivity index (χ0n) is 17.4. The zero-order valence-corrected chi connectivity index (χ0v) is 17.4. The van der Waals surface area contributed by atoms with Gasteiger partial charge in [-0.1, -0.05) is 60.7 Å². The number of hydrogen-bond donors (Lipinski definition) is 0. The van der Waals surface area contributed by atoms with E-state index in [4.69, 9.17) is 0 Å². The third kappa shape index (κ3) is 4.42. The molecular formula is C25H29N3O. The first-order valence-electron chi connectivity index (χ1n) is 10.6. The molecule has 0 aliphatic carbocycles. The summed E-state index contributed by atoms with van der Waals surface area (Å²) in [6.45, 7) is 5.93. The van der Waals surface area contributed by atoms with Gasteiger partial charge in [-0.25, -0.2) is 4.98 Å². The second-order valence-electron chi connectivity index (χ2n) is 8.13. The average Bonchev–Trinajstić information content (AvgIpc) is 3.16. The number of carbonyl (C=O) groups excluding carboxylic acids is 1. The number of nitrogens with zero attached hydrogens (tertiary/aromatic N) is 3. The van der Waals surface area contributed by atoms with Crippen molar-refractivity contribution in [2.45, 2.75) is 46.0 Å². The standard InChI is InChI=1S/C25H29N3O/c1-19-14-20(2)16-22(15-19)21-8-10-23(11-9-21)28-18-26-17-24(28)25(29)27-12-6-4-3-5-7-13-27/h8-11,14-18H,3-7,12-13H2,1-2H3. The van der Waals surface area contributed by atoms with E-state index < -0.39 is 0 Å². The van der Waals surface area contributed by atoms with Gasteiger partial charge in [0.15, 0.2) is 0 Å². The molecule has 2 aromatic carbocycles. The van der Waals surface area contributed by atoms with Crippen LogP contribution in [0.25, 0.3) is 16.8 Å². The van der Waals surface area contributed by atoms with Crippen LogP contribution in [0.15, 0.2) is 55.0 Å². The van der Waals surface area contributed by atoms with E-state index in [9.17, 15) is 4.79 Å². The lowest BCUT2D eigenvalue weighted by molar-refractivity contribution is 0.0734. The van der Waals surface area contributed by atoms with Gasteiger partial charge in [0.1, 0.15) is 5.69 Å². The summed E-state index contributed by atoms with van der Waals surface area (Å²) in [6, 6.07) is 15.0. The van der Waals surface area contributed by atoms with Crippen molar-refractivity contribution in [2.24, 2.45) is 0 Å². The molecule has 1 aromatic heterocycles. The molecule has 0 radical (unpaired) electrons. The van der Waals surface area contributed by atoms with Crippen LogP contribution in [0, 0.1) is 13.8 Å². The summed E-state index contributed by atoms with van der Waals surface area (Å²) >= 11 is 0. The topological polar surface area (TPSA) is 38.1 Å². The fourth-order valence-electron chi connectivity index (χ4n) is 4.23. The normalized spacial score (nSPS) is 15.0. The Bertz CT molecular complexity index is 959. The molecule has 1 amide bonds. The molecule has 4 rings (SSSR count). The van der Waals surface area contributed by atoms with Crippen molar-refractivity contribution in [3.63, 3.8) is 0 Å². The molecular weight excluding hydrogens is 358 g/mol. The molecule has 4 heteroatoms. The summed E-state index contributed by atoms with van der Waals surface area (Å²) in [7, 11) is 0. The van der Waals surface area contributed by atoms with Crippen LogP contribution in [0.2, 0.25) is 0 Å². The molecule has 0 N–H and O–H groups in total. The van der Waals surface area contributed by atoms with E-state index in [1.165, 1.54) is 41.5 Å². The third-order valence-corrected chi connectivity index (χ3v) is 5.70. The molecule has 1 fully saturated rings. The van der Waals surface area contributed by atoms with Crippen LogP contribution in [0.4, 0.5) is 0 Å². The number of hydrogen-bond acceptors (Lipinski definition) is 2. The summed E-state index contributed by atoms with van der Waals surface area (Å²) in [4.78, 5) is 19.4. The van der Waals surface area contributed by atoms with Gasteiger partial charge in [0.25, 0.3) is 5.91 Å². The third-order valence-electron chi connectivity index (χ3n) is 5.70. The lowest BCUT2D eigenvalue weighted by Gasteiger charge is -2.25. The summed E-state index contributed by atoms with van der Waals surface area (Å²) in [5.74, 6) is 0.0859. The summed E-state index contributed by atoms with van der Waals surface area (Å²) < 4.78 is 1.91. The molecule has 29 heavy (non-hydrogen) atoms. The number of benzene rings is 2. The first-order valence-corrected chi connectivity index (χ1v) is 10.6. The Kier molecular flexibility index (Phi) is 5.79. The van der Waals surface area contributed by atoms with Crippen molar-refractivity contribution < 1.29 is 4.79 Å². The van der Waals surface area contributed by atoms with Crippen LogP contribution >= 0.6 is 0 Å². The smallest absolute Gasteiger partial charge is 0.272 e. The molecule has 0 atom stereocenters. The first kappa shape index (κ1) is 19.4. The van der Waals surface area contributed by atoms with E-state index in [2.05, 4.69) is 61.3 Å². The lowest BCUT2D eigenvalue weighted by Crippen LogP contribution is -2.34. The number of carbonyl (C=O) groups is 1. The number of imidazole rings is 1. The highest BCUT2D eigenvalue weighted by molar-refractivity contribution is 5.93. The van der Waals surface area contributed by atoms with Crippen LogP contribution in [0.1, 0.15) is 53.7 Å². The van der Waals surface area contributed by atoms with Gasteiger partial charge in [0.05, 0.1) is 12.5 Å². The quantitative estimate of drug-likeness (QED) is 0.590. The van der Waals surface area contributed by atoms with E-state index >= 15 is 0 Å². The second-order valence-corrected chi connectivity index (χ2v) is 8.13. The monoisotopic (exact) mass is 387 g/mol. The molecule has 3 aromatic rings. The van der Waals surface area contributed by atoms with Gasteiger partial charge in [0.2, 0.25) is 0 Å². The van der Waals surface area contributed by atoms with E-state index in [1.54, 1.807) is 12.5 Å². The van der Waals surface area contributed by atoms with Crippen LogP contribution in [0.5, 0.6) is 0 Å². The fourth-order valence-corrected chi connectivity index (χ4v) is 4.23. The van der Waals surface area contributed by atoms with Gasteiger partial charge in [-0.05, 0) is 49.9 Å². The Hall–Kier alpha value is -2.88. The molecule has 4 nitrogen and oxygen atoms in total. The minimum atomic E-state index is 0.0859. The van der Waals surface area contributed by atoms with Crippen molar-refractivity contribution in [3.05, 3.63) is 71.8 Å². The Labute approximate surface area is 173 Å². The maximum atomic E-state index is 13.1. The van der Waals surface area contributed by atoms with Gasteiger partial charge in [-0.3, -0.25) is 9.36 Å². The maximum Gasteiger partial charge on any atom is 0.272 e. The highest BCUT2D eigenvalue weighted by atomic mass is 16.2. The minimum absolute atomic E-state index is 0.0859. The molecule has 1 saturated heterocycles. The highest BCUT2D eigenvalue weighted by Crippen LogP contribution is 2.24. The summed E-state index contributed by atoms with van der Waals surface area (Å²) in [5, 5.41) is 0. The largest absolute Gasteiger partial charge is 0.337 e. The van der Waals surface area contributed by atoms with Crippen molar-refractivity contribution in [2.75, 3.05) is 13.1 Å². The van der Waals surface area contributed by atoms with Crippen molar-refractivity contribution >= 4 is 5.91 Å². The van der Waals surface area contributed by atoms with Crippen LogP contribution in [0.3, 0.4) is 0 Å². The van der Waals surface area contributed by atoms with Crippen LogP contribution in [-0.2, 0) is 0 Å². The van der Waals surface area contributed by atoms with E-state index in [0.717, 1.165) is 31.6 Å². The number of amides is 1. The molecule has 1 aliphatic rings. The van der Waals surface area contributed by atoms with Crippen LogP contribution < -0.4 is 0 Å². The maximum absolute atomic E-state index is 13.1. The van der Waals surface area contributed by atoms with Crippen molar-refractivity contribution in [1.82, 2.24) is 14.5 Å². The second kappa shape index (κ2) is 8.64. The Morgan fingerprint density at radius 1 is 0.828 bits per heavy atom. The van der Waals surface area contributed by atoms with Gasteiger partial charge in [-0.2, -0.15) is 0 Å². The SMILES string of the molecule is Cc1cc(C)cc(-c2ccc(-n3cncc3C(=O)N3CCCCCCC3)cc2)c1. The predicted octanol–water partition coefficient (Wildman–Crippen LogP) is 5.56. The van der Waals surface area contributed by atoms with Gasteiger partial charge < -0.3 is 4.90 Å². The van der Waals surface area contributed by atoms with Crippen molar-refractivity contribution in [1.29, 1.82) is 0 Å². The Balaban J connectivity index is 1.58. The summed E-state index contributed by atoms with van der Waals surface area (Å²) in [6.07, 6.45) is 9.32. The highest BCUT2D eigenvalue weighted by Gasteiger charge is 2.20. The average molecular weight is 388 g/mol. The number of likely N-dealkylation sites (tertiary alicyclic amines) is 1. The Morgan fingerprint density at radius 2 is 1.45 bits per heavy atom. The molecule has 2 heterocycles. The molecule has 0 spiro atoms. The summed E-state index contributed by atoms with van der Waals surface area (Å²) in [5.41, 5.74) is 6.53.